The van der Waals surface area contributed by atoms with Crippen molar-refractivity contribution >= 4 is 11.6 Å². The van der Waals surface area contributed by atoms with Crippen LogP contribution in [0.1, 0.15) is 37.7 Å². The lowest BCUT2D eigenvalue weighted by molar-refractivity contribution is 0.206. The first kappa shape index (κ1) is 15.1. The standard InChI is InChI=1S/C17H25ClN2O/c1-21-17-7-4-6-16(18)15(17)12-20(14-8-9-14)11-13-5-2-3-10-19-13/h4,6-7,13-14,19H,2-3,5,8-12H2,1H3. The van der Waals surface area contributed by atoms with E-state index < -0.39 is 0 Å². The zero-order valence-electron chi connectivity index (χ0n) is 12.8. The van der Waals surface area contributed by atoms with Gasteiger partial charge in [0.15, 0.2) is 0 Å². The highest BCUT2D eigenvalue weighted by molar-refractivity contribution is 6.31. The molecule has 2 fully saturated rings. The molecule has 0 aromatic heterocycles. The molecule has 21 heavy (non-hydrogen) atoms. The number of nitrogens with zero attached hydrogens (tertiary/aromatic N) is 1. The second-order valence-corrected chi connectivity index (χ2v) is 6.64. The first-order valence-electron chi connectivity index (χ1n) is 8.06. The second kappa shape index (κ2) is 6.99. The largest absolute Gasteiger partial charge is 0.496 e. The molecule has 4 heteroatoms. The van der Waals surface area contributed by atoms with Crippen molar-refractivity contribution < 1.29 is 4.74 Å². The van der Waals surface area contributed by atoms with Gasteiger partial charge in [-0.2, -0.15) is 0 Å². The Labute approximate surface area is 132 Å². The normalized spacial score (nSPS) is 22.5. The Bertz CT molecular complexity index is 470. The van der Waals surface area contributed by atoms with Crippen LogP contribution in [-0.2, 0) is 6.54 Å². The maximum Gasteiger partial charge on any atom is 0.124 e. The van der Waals surface area contributed by atoms with E-state index in [9.17, 15) is 0 Å². The van der Waals surface area contributed by atoms with Crippen molar-refractivity contribution in [1.29, 1.82) is 0 Å². The summed E-state index contributed by atoms with van der Waals surface area (Å²) in [5.74, 6) is 0.907. The predicted octanol–water partition coefficient (Wildman–Crippen LogP) is 3.46. The molecule has 0 radical (unpaired) electrons. The molecule has 1 N–H and O–H groups in total. The smallest absolute Gasteiger partial charge is 0.124 e. The second-order valence-electron chi connectivity index (χ2n) is 6.23. The van der Waals surface area contributed by atoms with Gasteiger partial charge < -0.3 is 10.1 Å². The third-order valence-corrected chi connectivity index (χ3v) is 4.94. The van der Waals surface area contributed by atoms with Crippen molar-refractivity contribution in [1.82, 2.24) is 10.2 Å². The molecule has 1 heterocycles. The highest BCUT2D eigenvalue weighted by atomic mass is 35.5. The quantitative estimate of drug-likeness (QED) is 0.871. The third-order valence-electron chi connectivity index (χ3n) is 4.59. The van der Waals surface area contributed by atoms with E-state index in [0.717, 1.165) is 35.5 Å². The minimum Gasteiger partial charge on any atom is -0.496 e. The molecule has 3 nitrogen and oxygen atoms in total. The maximum atomic E-state index is 6.40. The van der Waals surface area contributed by atoms with Crippen molar-refractivity contribution in [3.8, 4) is 5.75 Å². The fourth-order valence-corrected chi connectivity index (χ4v) is 3.46. The molecular weight excluding hydrogens is 284 g/mol. The minimum absolute atomic E-state index is 0.632. The number of hydrogen-bond acceptors (Lipinski definition) is 3. The Kier molecular flexibility index (Phi) is 5.04. The van der Waals surface area contributed by atoms with Crippen molar-refractivity contribution in [3.63, 3.8) is 0 Å². The van der Waals surface area contributed by atoms with Gasteiger partial charge in [0.25, 0.3) is 0 Å². The summed E-state index contributed by atoms with van der Waals surface area (Å²) < 4.78 is 5.49. The number of rotatable bonds is 6. The molecule has 0 bridgehead atoms. The first-order valence-corrected chi connectivity index (χ1v) is 8.44. The van der Waals surface area contributed by atoms with Crippen LogP contribution in [0.3, 0.4) is 0 Å². The lowest BCUT2D eigenvalue weighted by Crippen LogP contribution is -2.44. The van der Waals surface area contributed by atoms with E-state index >= 15 is 0 Å². The topological polar surface area (TPSA) is 24.5 Å². The molecule has 1 unspecified atom stereocenters. The Balaban J connectivity index is 1.70. The highest BCUT2D eigenvalue weighted by Gasteiger charge is 2.31. The van der Waals surface area contributed by atoms with E-state index in [2.05, 4.69) is 10.2 Å². The van der Waals surface area contributed by atoms with Crippen molar-refractivity contribution in [3.05, 3.63) is 28.8 Å². The van der Waals surface area contributed by atoms with Gasteiger partial charge in [0.2, 0.25) is 0 Å². The van der Waals surface area contributed by atoms with Gasteiger partial charge in [-0.05, 0) is 44.4 Å². The number of ether oxygens (including phenoxy) is 1. The number of benzene rings is 1. The van der Waals surface area contributed by atoms with Gasteiger partial charge >= 0.3 is 0 Å². The number of halogens is 1. The van der Waals surface area contributed by atoms with Crippen LogP contribution in [-0.4, -0.2) is 37.2 Å². The fraction of sp³-hybridized carbons (Fsp3) is 0.647. The zero-order valence-corrected chi connectivity index (χ0v) is 13.5. The van der Waals surface area contributed by atoms with Crippen molar-refractivity contribution in [2.75, 3.05) is 20.2 Å². The van der Waals surface area contributed by atoms with Crippen LogP contribution in [0.25, 0.3) is 0 Å². The molecule has 1 aromatic carbocycles. The number of hydrogen-bond donors (Lipinski definition) is 1. The van der Waals surface area contributed by atoms with Gasteiger partial charge in [-0.15, -0.1) is 0 Å². The minimum atomic E-state index is 0.632. The van der Waals surface area contributed by atoms with E-state index in [1.807, 2.05) is 18.2 Å². The molecule has 1 aliphatic heterocycles. The molecule has 1 aromatic rings. The summed E-state index contributed by atoms with van der Waals surface area (Å²) in [7, 11) is 1.72. The summed E-state index contributed by atoms with van der Waals surface area (Å²) in [5.41, 5.74) is 1.13. The van der Waals surface area contributed by atoms with Crippen LogP contribution in [0.15, 0.2) is 18.2 Å². The van der Waals surface area contributed by atoms with Crippen LogP contribution < -0.4 is 10.1 Å². The Morgan fingerprint density at radius 1 is 1.29 bits per heavy atom. The van der Waals surface area contributed by atoms with Gasteiger partial charge in [0.05, 0.1) is 7.11 Å². The molecule has 1 aliphatic carbocycles. The third kappa shape index (κ3) is 3.91. The van der Waals surface area contributed by atoms with Gasteiger partial charge in [0.1, 0.15) is 5.75 Å². The molecule has 1 saturated heterocycles. The summed E-state index contributed by atoms with van der Waals surface area (Å²) in [6.45, 7) is 3.18. The van der Waals surface area contributed by atoms with E-state index in [4.69, 9.17) is 16.3 Å². The van der Waals surface area contributed by atoms with Crippen LogP contribution in [0.2, 0.25) is 5.02 Å². The van der Waals surface area contributed by atoms with Crippen LogP contribution >= 0.6 is 11.6 Å². The molecule has 0 amide bonds. The fourth-order valence-electron chi connectivity index (χ4n) is 3.23. The molecule has 116 valence electrons. The summed E-state index contributed by atoms with van der Waals surface area (Å²) in [4.78, 5) is 2.59. The predicted molar refractivity (Wildman–Crippen MR) is 87.1 cm³/mol. The average molecular weight is 309 g/mol. The summed E-state index contributed by atoms with van der Waals surface area (Å²) >= 11 is 6.40. The van der Waals surface area contributed by atoms with E-state index in [1.165, 1.54) is 38.6 Å². The summed E-state index contributed by atoms with van der Waals surface area (Å²) in [6.07, 6.45) is 6.60. The van der Waals surface area contributed by atoms with Gasteiger partial charge in [-0.1, -0.05) is 24.1 Å². The Morgan fingerprint density at radius 3 is 2.81 bits per heavy atom. The van der Waals surface area contributed by atoms with Gasteiger partial charge in [-0.3, -0.25) is 4.90 Å². The van der Waals surface area contributed by atoms with E-state index in [0.29, 0.717) is 6.04 Å². The SMILES string of the molecule is COc1cccc(Cl)c1CN(CC1CCCCN1)C1CC1. The van der Waals surface area contributed by atoms with Gasteiger partial charge in [-0.25, -0.2) is 0 Å². The van der Waals surface area contributed by atoms with Crippen molar-refractivity contribution in [2.24, 2.45) is 0 Å². The van der Waals surface area contributed by atoms with E-state index in [-0.39, 0.29) is 0 Å². The lowest BCUT2D eigenvalue weighted by atomic mass is 10.0. The molecule has 3 rings (SSSR count). The lowest BCUT2D eigenvalue weighted by Gasteiger charge is -2.31. The maximum absolute atomic E-state index is 6.40. The zero-order chi connectivity index (χ0) is 14.7. The first-order chi connectivity index (χ1) is 10.3. The number of methoxy groups -OCH3 is 1. The molecule has 1 atom stereocenters. The average Bonchev–Trinajstić information content (AvgIpc) is 3.34. The number of nitrogens with one attached hydrogen (secondary N) is 1. The summed E-state index contributed by atoms with van der Waals surface area (Å²) in [5, 5.41) is 4.47. The molecular formula is C17H25ClN2O. The molecule has 2 aliphatic rings. The molecule has 1 saturated carbocycles. The van der Waals surface area contributed by atoms with Crippen LogP contribution in [0, 0.1) is 0 Å². The van der Waals surface area contributed by atoms with Crippen molar-refractivity contribution in [2.45, 2.75) is 50.7 Å². The highest BCUT2D eigenvalue weighted by Crippen LogP contribution is 2.33. The monoisotopic (exact) mass is 308 g/mol. The Morgan fingerprint density at radius 2 is 2.14 bits per heavy atom. The molecule has 0 spiro atoms. The van der Waals surface area contributed by atoms with E-state index in [1.54, 1.807) is 7.11 Å². The van der Waals surface area contributed by atoms with Gasteiger partial charge in [0, 0.05) is 35.8 Å². The Hall–Kier alpha value is -0.770. The summed E-state index contributed by atoms with van der Waals surface area (Å²) in [6, 6.07) is 7.28. The van der Waals surface area contributed by atoms with Crippen LogP contribution in [0.5, 0.6) is 5.75 Å². The number of piperidine rings is 1. The van der Waals surface area contributed by atoms with Crippen LogP contribution in [0.4, 0.5) is 0 Å².